The molecule has 1 aromatic carbocycles. The molecule has 3 rings (SSSR count). The second-order valence-corrected chi connectivity index (χ2v) is 5.89. The van der Waals surface area contributed by atoms with Crippen LogP contribution in [0.4, 0.5) is 14.6 Å². The minimum absolute atomic E-state index is 0.0486. The summed E-state index contributed by atoms with van der Waals surface area (Å²) in [5.74, 6) is -0.249. The highest BCUT2D eigenvalue weighted by atomic mass is 35.5. The summed E-state index contributed by atoms with van der Waals surface area (Å²) in [6.07, 6.45) is 2.03. The Labute approximate surface area is 149 Å². The highest BCUT2D eigenvalue weighted by molar-refractivity contribution is 6.30. The van der Waals surface area contributed by atoms with Crippen LogP contribution < -0.4 is 15.4 Å². The number of aromatic nitrogens is 1. The quantitative estimate of drug-likeness (QED) is 0.812. The molecule has 1 aromatic heterocycles. The van der Waals surface area contributed by atoms with E-state index in [0.29, 0.717) is 29.4 Å². The van der Waals surface area contributed by atoms with Crippen LogP contribution in [-0.2, 0) is 4.79 Å². The fourth-order valence-electron chi connectivity index (χ4n) is 2.53. The standard InChI is InChI=1S/C11H13F2NO.C6H5ClN2O/c1-6-5-15-11-8(13)4-3-7(12)9(11)10(6)14-2;7-5-1-2-6(8-3-5)9-4-10/h3-4,6,10,14H,5H2,1-2H3;1-4H,(H,8,9,10)/t6?,10-;/m1./s1. The van der Waals surface area contributed by atoms with Gasteiger partial charge in [0.2, 0.25) is 6.41 Å². The number of carbonyl (C=O) groups excluding carboxylic acids is 1. The molecule has 0 fully saturated rings. The topological polar surface area (TPSA) is 63.2 Å². The molecule has 8 heteroatoms. The average molecular weight is 370 g/mol. The molecule has 0 spiro atoms. The Morgan fingerprint density at radius 2 is 2.00 bits per heavy atom. The molecule has 5 nitrogen and oxygen atoms in total. The lowest BCUT2D eigenvalue weighted by molar-refractivity contribution is -0.105. The van der Waals surface area contributed by atoms with Gasteiger partial charge in [-0.1, -0.05) is 18.5 Å². The number of pyridine rings is 1. The Bertz CT molecular complexity index is 729. The number of hydrogen-bond acceptors (Lipinski definition) is 4. The van der Waals surface area contributed by atoms with E-state index in [1.54, 1.807) is 19.2 Å². The van der Waals surface area contributed by atoms with E-state index in [-0.39, 0.29) is 17.7 Å². The van der Waals surface area contributed by atoms with Gasteiger partial charge in [0.25, 0.3) is 0 Å². The van der Waals surface area contributed by atoms with Crippen LogP contribution in [0.15, 0.2) is 30.5 Å². The van der Waals surface area contributed by atoms with Crippen molar-refractivity contribution in [1.29, 1.82) is 0 Å². The summed E-state index contributed by atoms with van der Waals surface area (Å²) in [5, 5.41) is 5.93. The van der Waals surface area contributed by atoms with Gasteiger partial charge in [-0.05, 0) is 31.3 Å². The minimum atomic E-state index is -0.501. The Hall–Kier alpha value is -2.25. The van der Waals surface area contributed by atoms with Gasteiger partial charge < -0.3 is 15.4 Å². The van der Waals surface area contributed by atoms with Crippen LogP contribution >= 0.6 is 11.6 Å². The van der Waals surface area contributed by atoms with Crippen molar-refractivity contribution in [3.05, 3.63) is 52.7 Å². The summed E-state index contributed by atoms with van der Waals surface area (Å²) in [7, 11) is 1.74. The number of halogens is 3. The molecule has 25 heavy (non-hydrogen) atoms. The van der Waals surface area contributed by atoms with E-state index >= 15 is 0 Å². The van der Waals surface area contributed by atoms with Crippen molar-refractivity contribution < 1.29 is 18.3 Å². The Balaban J connectivity index is 0.000000196. The van der Waals surface area contributed by atoms with E-state index in [9.17, 15) is 13.6 Å². The molecular formula is C17H18ClF2N3O2. The predicted molar refractivity (Wildman–Crippen MR) is 91.8 cm³/mol. The number of ether oxygens (including phenoxy) is 1. The fourth-order valence-corrected chi connectivity index (χ4v) is 2.64. The zero-order valence-corrected chi connectivity index (χ0v) is 14.5. The van der Waals surface area contributed by atoms with Crippen LogP contribution in [0.1, 0.15) is 18.5 Å². The van der Waals surface area contributed by atoms with Crippen molar-refractivity contribution in [3.8, 4) is 5.75 Å². The van der Waals surface area contributed by atoms with Crippen LogP contribution in [0.3, 0.4) is 0 Å². The maximum Gasteiger partial charge on any atom is 0.212 e. The number of nitrogens with one attached hydrogen (secondary N) is 2. The Morgan fingerprint density at radius 1 is 1.28 bits per heavy atom. The molecule has 1 amide bonds. The summed E-state index contributed by atoms with van der Waals surface area (Å²) in [5.41, 5.74) is 0.302. The molecule has 134 valence electrons. The van der Waals surface area contributed by atoms with Gasteiger partial charge in [0.15, 0.2) is 11.6 Å². The summed E-state index contributed by atoms with van der Waals surface area (Å²) >= 11 is 5.53. The number of hydrogen-bond donors (Lipinski definition) is 2. The number of nitrogens with zero attached hydrogens (tertiary/aromatic N) is 1. The van der Waals surface area contributed by atoms with Crippen molar-refractivity contribution in [2.75, 3.05) is 19.0 Å². The lowest BCUT2D eigenvalue weighted by atomic mass is 9.91. The molecule has 0 saturated heterocycles. The Morgan fingerprint density at radius 3 is 2.60 bits per heavy atom. The molecule has 2 aromatic rings. The van der Waals surface area contributed by atoms with Gasteiger partial charge in [0.1, 0.15) is 11.6 Å². The molecule has 0 saturated carbocycles. The molecule has 0 bridgehead atoms. The normalized spacial score (nSPS) is 18.3. The zero-order valence-electron chi connectivity index (χ0n) is 13.7. The summed E-state index contributed by atoms with van der Waals surface area (Å²) < 4.78 is 32.2. The van der Waals surface area contributed by atoms with Gasteiger partial charge in [-0.2, -0.15) is 0 Å². The van der Waals surface area contributed by atoms with Gasteiger partial charge >= 0.3 is 0 Å². The summed E-state index contributed by atoms with van der Waals surface area (Å²) in [4.78, 5) is 13.7. The van der Waals surface area contributed by atoms with E-state index in [2.05, 4.69) is 15.6 Å². The average Bonchev–Trinajstić information content (AvgIpc) is 2.61. The van der Waals surface area contributed by atoms with E-state index in [1.165, 1.54) is 6.20 Å². The van der Waals surface area contributed by atoms with Crippen LogP contribution in [0, 0.1) is 17.6 Å². The third kappa shape index (κ3) is 4.64. The van der Waals surface area contributed by atoms with Crippen molar-refractivity contribution in [2.24, 2.45) is 5.92 Å². The highest BCUT2D eigenvalue weighted by Gasteiger charge is 2.31. The first-order valence-electron chi connectivity index (χ1n) is 7.57. The minimum Gasteiger partial charge on any atom is -0.490 e. The van der Waals surface area contributed by atoms with Crippen molar-refractivity contribution in [1.82, 2.24) is 10.3 Å². The third-order valence-corrected chi connectivity index (χ3v) is 3.93. The summed E-state index contributed by atoms with van der Waals surface area (Å²) in [6.45, 7) is 2.34. The fraction of sp³-hybridized carbons (Fsp3) is 0.294. The van der Waals surface area contributed by atoms with Crippen molar-refractivity contribution in [3.63, 3.8) is 0 Å². The molecule has 1 unspecified atom stereocenters. The van der Waals surface area contributed by atoms with E-state index in [1.807, 2.05) is 6.92 Å². The zero-order chi connectivity index (χ0) is 18.4. The van der Waals surface area contributed by atoms with Gasteiger partial charge in [-0.3, -0.25) is 4.79 Å². The third-order valence-electron chi connectivity index (χ3n) is 3.71. The molecular weight excluding hydrogens is 352 g/mol. The first kappa shape index (κ1) is 19.1. The molecule has 1 aliphatic heterocycles. The number of anilines is 1. The lowest BCUT2D eigenvalue weighted by Gasteiger charge is -2.31. The predicted octanol–water partition coefficient (Wildman–Crippen LogP) is 3.56. The number of rotatable bonds is 3. The van der Waals surface area contributed by atoms with E-state index in [0.717, 1.165) is 12.1 Å². The molecule has 2 atom stereocenters. The lowest BCUT2D eigenvalue weighted by Crippen LogP contribution is -2.33. The van der Waals surface area contributed by atoms with Crippen molar-refractivity contribution in [2.45, 2.75) is 13.0 Å². The number of fused-ring (bicyclic) bond motifs is 1. The smallest absolute Gasteiger partial charge is 0.212 e. The summed E-state index contributed by atoms with van der Waals surface area (Å²) in [6, 6.07) is 5.32. The second-order valence-electron chi connectivity index (χ2n) is 5.45. The van der Waals surface area contributed by atoms with Crippen molar-refractivity contribution >= 4 is 23.8 Å². The largest absolute Gasteiger partial charge is 0.490 e. The van der Waals surface area contributed by atoms with E-state index in [4.69, 9.17) is 16.3 Å². The Kier molecular flexibility index (Phi) is 6.66. The van der Waals surface area contributed by atoms with Crippen LogP contribution in [0.5, 0.6) is 5.75 Å². The monoisotopic (exact) mass is 369 g/mol. The van der Waals surface area contributed by atoms with Gasteiger partial charge in [-0.15, -0.1) is 0 Å². The van der Waals surface area contributed by atoms with E-state index < -0.39 is 11.6 Å². The number of benzene rings is 1. The van der Waals surface area contributed by atoms with Crippen LogP contribution in [0.2, 0.25) is 5.02 Å². The van der Waals surface area contributed by atoms with Crippen LogP contribution in [0.25, 0.3) is 0 Å². The first-order valence-corrected chi connectivity index (χ1v) is 7.95. The first-order chi connectivity index (χ1) is 12.0. The molecule has 2 heterocycles. The second kappa shape index (κ2) is 8.73. The molecule has 0 aliphatic carbocycles. The van der Waals surface area contributed by atoms with Gasteiger partial charge in [-0.25, -0.2) is 13.8 Å². The van der Waals surface area contributed by atoms with Gasteiger partial charge in [0.05, 0.1) is 17.2 Å². The molecule has 0 radical (unpaired) electrons. The van der Waals surface area contributed by atoms with Crippen LogP contribution in [-0.4, -0.2) is 25.0 Å². The maximum absolute atomic E-state index is 13.6. The molecule has 2 N–H and O–H groups in total. The molecule has 1 aliphatic rings. The van der Waals surface area contributed by atoms with Gasteiger partial charge in [0, 0.05) is 18.2 Å². The highest BCUT2D eigenvalue weighted by Crippen LogP contribution is 2.38. The maximum atomic E-state index is 13.6. The number of carbonyl (C=O) groups is 1. The number of amides is 1. The SMILES string of the molecule is CN[C@H]1c2c(F)ccc(F)c2OCC1C.O=CNc1ccc(Cl)cn1.